The first kappa shape index (κ1) is 12.6. The van der Waals surface area contributed by atoms with Crippen LogP contribution in [-0.2, 0) is 11.0 Å². The van der Waals surface area contributed by atoms with E-state index in [1.165, 1.54) is 5.56 Å². The fourth-order valence-corrected chi connectivity index (χ4v) is 3.36. The van der Waals surface area contributed by atoms with Gasteiger partial charge < -0.3 is 4.89 Å². The third-order valence-electron chi connectivity index (χ3n) is 3.59. The van der Waals surface area contributed by atoms with Gasteiger partial charge in [-0.1, -0.05) is 54.6 Å². The Morgan fingerprint density at radius 3 is 2.47 bits per heavy atom. The molecule has 4 heteroatoms. The normalized spacial score (nSPS) is 23.6. The van der Waals surface area contributed by atoms with Crippen LogP contribution >= 0.6 is 8.03 Å². The summed E-state index contributed by atoms with van der Waals surface area (Å²) in [7, 11) is -2.58. The molecule has 0 saturated carbocycles. The smallest absolute Gasteiger partial charge is 0.205 e. The topological polar surface area (TPSA) is 49.3 Å². The van der Waals surface area contributed by atoms with Gasteiger partial charge in [-0.05, 0) is 23.1 Å². The van der Waals surface area contributed by atoms with E-state index in [1.807, 2.05) is 48.5 Å². The second-order valence-electron chi connectivity index (χ2n) is 4.80. The average molecular weight is 273 g/mol. The molecule has 0 fully saturated rings. The van der Waals surface area contributed by atoms with Crippen LogP contribution in [0, 0.1) is 0 Å². The molecule has 98 valence electrons. The summed E-state index contributed by atoms with van der Waals surface area (Å²) in [4.78, 5) is 9.45. The van der Waals surface area contributed by atoms with Crippen molar-refractivity contribution in [3.05, 3.63) is 71.3 Å². The van der Waals surface area contributed by atoms with Gasteiger partial charge in [-0.2, -0.15) is 0 Å². The van der Waals surface area contributed by atoms with Crippen molar-refractivity contribution in [1.82, 2.24) is 5.32 Å². The molecular weight excluding hydrogens is 257 g/mol. The average Bonchev–Trinajstić information content (AvgIpc) is 2.47. The molecule has 19 heavy (non-hydrogen) atoms. The number of fused-ring (bicyclic) bond motifs is 1. The van der Waals surface area contributed by atoms with Gasteiger partial charge in [-0.3, -0.25) is 9.88 Å². The van der Waals surface area contributed by atoms with Crippen LogP contribution in [0.3, 0.4) is 0 Å². The monoisotopic (exact) mass is 273 g/mol. The van der Waals surface area contributed by atoms with E-state index in [0.29, 0.717) is 6.42 Å². The van der Waals surface area contributed by atoms with E-state index >= 15 is 0 Å². The minimum Gasteiger partial charge on any atom is -0.345 e. The Labute approximate surface area is 113 Å². The van der Waals surface area contributed by atoms with Crippen molar-refractivity contribution in [1.29, 1.82) is 0 Å². The molecule has 0 amide bonds. The maximum atomic E-state index is 11.5. The van der Waals surface area contributed by atoms with E-state index in [0.717, 1.165) is 11.1 Å². The highest BCUT2D eigenvalue weighted by molar-refractivity contribution is 7.38. The van der Waals surface area contributed by atoms with Crippen LogP contribution in [0.5, 0.6) is 0 Å². The van der Waals surface area contributed by atoms with Gasteiger partial charge in [0.05, 0.1) is 11.8 Å². The summed E-state index contributed by atoms with van der Waals surface area (Å²) in [6.45, 7) is 0. The van der Waals surface area contributed by atoms with Crippen molar-refractivity contribution in [3.8, 4) is 0 Å². The first-order valence-electron chi connectivity index (χ1n) is 6.37. The van der Waals surface area contributed by atoms with Gasteiger partial charge in [0.25, 0.3) is 0 Å². The second-order valence-corrected chi connectivity index (χ2v) is 6.18. The molecule has 0 aromatic heterocycles. The van der Waals surface area contributed by atoms with Crippen LogP contribution in [0.1, 0.15) is 22.7 Å². The predicted octanol–water partition coefficient (Wildman–Crippen LogP) is 2.71. The highest BCUT2D eigenvalue weighted by atomic mass is 31.1. The van der Waals surface area contributed by atoms with Crippen molar-refractivity contribution in [2.24, 2.45) is 0 Å². The van der Waals surface area contributed by atoms with E-state index in [1.54, 1.807) is 0 Å². The minimum absolute atomic E-state index is 0.00255. The fourth-order valence-electron chi connectivity index (χ4n) is 2.65. The highest BCUT2D eigenvalue weighted by Crippen LogP contribution is 2.36. The molecule has 1 heterocycles. The Kier molecular flexibility index (Phi) is 3.52. The molecule has 0 aliphatic carbocycles. The Balaban J connectivity index is 2.06. The van der Waals surface area contributed by atoms with Gasteiger partial charge in [-0.25, -0.2) is 0 Å². The molecule has 1 aliphatic heterocycles. The first-order valence-corrected chi connectivity index (χ1v) is 7.80. The van der Waals surface area contributed by atoms with Crippen LogP contribution in [-0.4, -0.2) is 10.7 Å². The molecule has 1 aliphatic rings. The zero-order chi connectivity index (χ0) is 13.2. The van der Waals surface area contributed by atoms with Gasteiger partial charge in [-0.15, -0.1) is 0 Å². The van der Waals surface area contributed by atoms with E-state index in [4.69, 9.17) is 0 Å². The van der Waals surface area contributed by atoms with E-state index in [-0.39, 0.29) is 11.8 Å². The van der Waals surface area contributed by atoms with Gasteiger partial charge in [0.2, 0.25) is 8.03 Å². The fraction of sp³-hybridized carbons (Fsp3) is 0.200. The number of hydrogen-bond acceptors (Lipinski definition) is 2. The summed E-state index contributed by atoms with van der Waals surface area (Å²) >= 11 is 0. The van der Waals surface area contributed by atoms with E-state index in [2.05, 4.69) is 11.4 Å². The van der Waals surface area contributed by atoms with Crippen LogP contribution in [0.4, 0.5) is 0 Å². The molecule has 2 aromatic rings. The van der Waals surface area contributed by atoms with E-state index < -0.39 is 8.03 Å². The lowest BCUT2D eigenvalue weighted by atomic mass is 9.90. The summed E-state index contributed by atoms with van der Waals surface area (Å²) in [6.07, 6.45) is 0.619. The zero-order valence-electron chi connectivity index (χ0n) is 10.4. The summed E-state index contributed by atoms with van der Waals surface area (Å²) < 4.78 is 11.5. The first-order chi connectivity index (χ1) is 9.25. The molecule has 3 nitrogen and oxygen atoms in total. The molecular formula is C15H16NO2P. The molecule has 3 atom stereocenters. The number of hydrogen-bond donors (Lipinski definition) is 2. The predicted molar refractivity (Wildman–Crippen MR) is 76.6 cm³/mol. The Bertz CT molecular complexity index is 600. The molecule has 0 bridgehead atoms. The van der Waals surface area contributed by atoms with Crippen LogP contribution in [0.25, 0.3) is 0 Å². The molecule has 3 rings (SSSR count). The molecule has 3 unspecified atom stereocenters. The second kappa shape index (κ2) is 5.30. The van der Waals surface area contributed by atoms with Crippen molar-refractivity contribution < 1.29 is 9.46 Å². The number of rotatable bonds is 2. The summed E-state index contributed by atoms with van der Waals surface area (Å²) in [5.74, 6) is -0.342. The van der Waals surface area contributed by atoms with Crippen molar-refractivity contribution in [2.45, 2.75) is 18.2 Å². The standard InChI is InChI=1S/C15H16NO2P/c17-19(18)14-10-12-8-4-5-9-13(12)15(16-14)11-6-2-1-3-7-11/h1-9,14-16,19H,10H2,(H,17,18). The van der Waals surface area contributed by atoms with Gasteiger partial charge >= 0.3 is 0 Å². The van der Waals surface area contributed by atoms with Crippen LogP contribution < -0.4 is 5.32 Å². The van der Waals surface area contributed by atoms with Gasteiger partial charge in [0.1, 0.15) is 0 Å². The quantitative estimate of drug-likeness (QED) is 0.827. The Morgan fingerprint density at radius 1 is 1.05 bits per heavy atom. The maximum absolute atomic E-state index is 11.5. The van der Waals surface area contributed by atoms with Gasteiger partial charge in [0.15, 0.2) is 0 Å². The summed E-state index contributed by atoms with van der Waals surface area (Å²) in [6, 6.07) is 18.2. The molecule has 0 radical (unpaired) electrons. The minimum atomic E-state index is -2.58. The Morgan fingerprint density at radius 2 is 1.74 bits per heavy atom. The number of benzene rings is 2. The Hall–Kier alpha value is -1.41. The zero-order valence-corrected chi connectivity index (χ0v) is 11.4. The summed E-state index contributed by atoms with van der Waals surface area (Å²) in [5, 5.41) is 3.31. The van der Waals surface area contributed by atoms with Crippen molar-refractivity contribution in [3.63, 3.8) is 0 Å². The van der Waals surface area contributed by atoms with Crippen LogP contribution in [0.2, 0.25) is 0 Å². The summed E-state index contributed by atoms with van der Waals surface area (Å²) in [5.41, 5.74) is 3.49. The molecule has 2 aromatic carbocycles. The van der Waals surface area contributed by atoms with E-state index in [9.17, 15) is 9.46 Å². The van der Waals surface area contributed by atoms with Gasteiger partial charge in [0, 0.05) is 0 Å². The molecule has 2 N–H and O–H groups in total. The molecule has 0 spiro atoms. The highest BCUT2D eigenvalue weighted by Gasteiger charge is 2.29. The van der Waals surface area contributed by atoms with Crippen molar-refractivity contribution in [2.75, 3.05) is 0 Å². The van der Waals surface area contributed by atoms with Crippen LogP contribution in [0.15, 0.2) is 54.6 Å². The number of nitrogens with one attached hydrogen (secondary N) is 1. The lowest BCUT2D eigenvalue weighted by Gasteiger charge is -2.32. The largest absolute Gasteiger partial charge is 0.345 e. The molecule has 0 saturated heterocycles. The lowest BCUT2D eigenvalue weighted by molar-refractivity contribution is 0.445. The van der Waals surface area contributed by atoms with Crippen molar-refractivity contribution >= 4 is 8.03 Å². The third-order valence-corrected chi connectivity index (χ3v) is 4.56. The third kappa shape index (κ3) is 2.50. The SMILES string of the molecule is O=[PH](O)C1Cc2ccccc2C(c2ccccc2)N1. The lowest BCUT2D eigenvalue weighted by Crippen LogP contribution is -2.37. The maximum Gasteiger partial charge on any atom is 0.205 e.